The Morgan fingerprint density at radius 1 is 0.875 bits per heavy atom. The molecule has 0 saturated heterocycles. The number of halogens is 6. The Morgan fingerprint density at radius 2 is 1.50 bits per heavy atom. The van der Waals surface area contributed by atoms with Crippen molar-refractivity contribution in [2.75, 3.05) is 6.79 Å². The molecular weight excluding hydrogens is 443 g/mol. The molecule has 0 unspecified atom stereocenters. The summed E-state index contributed by atoms with van der Waals surface area (Å²) < 4.78 is 6.91. The van der Waals surface area contributed by atoms with E-state index < -0.39 is 7.59 Å². The number of ether oxygens (including phenoxy) is 2. The maximum Gasteiger partial charge on any atom is 0.250 e. The van der Waals surface area contributed by atoms with E-state index in [1.165, 1.54) is 0 Å². The van der Waals surface area contributed by atoms with Crippen LogP contribution in [0, 0.1) is 0 Å². The van der Waals surface area contributed by atoms with E-state index in [1.54, 1.807) is 18.2 Å². The van der Waals surface area contributed by atoms with E-state index in [2.05, 4.69) is 15.0 Å². The number of fused-ring (bicyclic) bond motifs is 1. The van der Waals surface area contributed by atoms with Gasteiger partial charge in [-0.2, -0.15) is 0 Å². The molecule has 1 aliphatic rings. The van der Waals surface area contributed by atoms with Gasteiger partial charge in [0.2, 0.25) is 7.59 Å². The Kier molecular flexibility index (Phi) is 5.25. The first-order chi connectivity index (χ1) is 11.2. The number of rotatable bonds is 1. The smallest absolute Gasteiger partial charge is 0.250 e. The van der Waals surface area contributed by atoms with Crippen LogP contribution in [-0.2, 0) is 18.9 Å². The number of alkyl halides is 6. The second kappa shape index (κ2) is 6.80. The Balaban J connectivity index is 2.21. The molecule has 1 aromatic heterocycles. The number of aromatic nitrogens is 3. The minimum atomic E-state index is -1.91. The fourth-order valence-electron chi connectivity index (χ4n) is 2.06. The third-order valence-corrected chi connectivity index (χ3v) is 4.07. The van der Waals surface area contributed by atoms with Crippen LogP contribution in [-0.4, -0.2) is 21.7 Å². The van der Waals surface area contributed by atoms with Crippen molar-refractivity contribution in [3.63, 3.8) is 0 Å². The quantitative estimate of drug-likeness (QED) is 0.569. The zero-order valence-corrected chi connectivity index (χ0v) is 16.1. The van der Waals surface area contributed by atoms with Crippen molar-refractivity contribution in [2.24, 2.45) is 0 Å². The maximum atomic E-state index is 5.88. The molecule has 2 aromatic rings. The van der Waals surface area contributed by atoms with Crippen LogP contribution >= 0.6 is 69.6 Å². The van der Waals surface area contributed by atoms with Crippen LogP contribution in [0.2, 0.25) is 0 Å². The minimum absolute atomic E-state index is 0.158. The van der Waals surface area contributed by atoms with Gasteiger partial charge in [0.05, 0.1) is 6.61 Å². The molecule has 24 heavy (non-hydrogen) atoms. The number of nitrogens with zero attached hydrogens (tertiary/aromatic N) is 3. The summed E-state index contributed by atoms with van der Waals surface area (Å²) in [5, 5.41) is 0. The molecule has 1 aliphatic heterocycles. The largest absolute Gasteiger partial charge is 0.467 e. The summed E-state index contributed by atoms with van der Waals surface area (Å²) in [6.07, 6.45) is 0. The average Bonchev–Trinajstić information content (AvgIpc) is 2.52. The molecule has 0 aliphatic carbocycles. The summed E-state index contributed by atoms with van der Waals surface area (Å²) in [7, 11) is 0. The molecule has 5 nitrogen and oxygen atoms in total. The van der Waals surface area contributed by atoms with Gasteiger partial charge in [0.15, 0.2) is 24.3 Å². The van der Waals surface area contributed by atoms with E-state index in [0.717, 1.165) is 5.56 Å². The molecular formula is C13H7Cl6N3O2. The van der Waals surface area contributed by atoms with Crippen molar-refractivity contribution in [2.45, 2.75) is 14.2 Å². The van der Waals surface area contributed by atoms with Gasteiger partial charge < -0.3 is 9.47 Å². The van der Waals surface area contributed by atoms with Crippen LogP contribution in [0.5, 0.6) is 5.75 Å². The Hall–Kier alpha value is -0.270. The molecule has 0 saturated carbocycles. The first kappa shape index (κ1) is 18.5. The first-order valence-electron chi connectivity index (χ1n) is 6.39. The molecule has 0 spiro atoms. The van der Waals surface area contributed by atoms with Crippen LogP contribution < -0.4 is 4.74 Å². The molecule has 0 radical (unpaired) electrons. The summed E-state index contributed by atoms with van der Waals surface area (Å²) in [6, 6.07) is 5.33. The Bertz CT molecular complexity index is 743. The molecule has 3 rings (SSSR count). The minimum Gasteiger partial charge on any atom is -0.467 e. The van der Waals surface area contributed by atoms with Crippen LogP contribution in [0.15, 0.2) is 18.2 Å². The van der Waals surface area contributed by atoms with Gasteiger partial charge in [0, 0.05) is 11.1 Å². The van der Waals surface area contributed by atoms with E-state index in [9.17, 15) is 0 Å². The lowest BCUT2D eigenvalue weighted by Crippen LogP contribution is -2.18. The molecule has 11 heteroatoms. The molecule has 1 aromatic carbocycles. The van der Waals surface area contributed by atoms with E-state index in [4.69, 9.17) is 79.1 Å². The first-order valence-corrected chi connectivity index (χ1v) is 8.66. The second-order valence-electron chi connectivity index (χ2n) is 4.69. The zero-order valence-electron chi connectivity index (χ0n) is 11.6. The summed E-state index contributed by atoms with van der Waals surface area (Å²) in [5.41, 5.74) is 1.33. The number of benzene rings is 1. The molecule has 0 atom stereocenters. The highest BCUT2D eigenvalue weighted by molar-refractivity contribution is 6.67. The van der Waals surface area contributed by atoms with Gasteiger partial charge in [-0.25, -0.2) is 15.0 Å². The molecule has 2 heterocycles. The lowest BCUT2D eigenvalue weighted by Gasteiger charge is -2.21. The Labute approximate surface area is 167 Å². The van der Waals surface area contributed by atoms with Crippen molar-refractivity contribution in [3.8, 4) is 17.1 Å². The SMILES string of the molecule is ClC(Cl)(Cl)c1nc(-c2cccc3c2COCO3)nc(C(Cl)(Cl)Cl)n1. The maximum absolute atomic E-state index is 5.88. The highest BCUT2D eigenvalue weighted by Gasteiger charge is 2.34. The highest BCUT2D eigenvalue weighted by Crippen LogP contribution is 2.41. The van der Waals surface area contributed by atoms with Crippen molar-refractivity contribution in [3.05, 3.63) is 35.4 Å². The fourth-order valence-corrected chi connectivity index (χ4v) is 2.57. The van der Waals surface area contributed by atoms with Gasteiger partial charge >= 0.3 is 0 Å². The van der Waals surface area contributed by atoms with Gasteiger partial charge in [-0.15, -0.1) is 0 Å². The second-order valence-corrected chi connectivity index (χ2v) is 9.26. The standard InChI is InChI=1S/C13H7Cl6N3O2/c14-12(15,16)10-20-9(21-11(22-10)13(17,18)19)6-2-1-3-8-7(6)4-23-5-24-8/h1-3H,4-5H2. The van der Waals surface area contributed by atoms with Crippen LogP contribution in [0.4, 0.5) is 0 Å². The van der Waals surface area contributed by atoms with Crippen molar-refractivity contribution >= 4 is 69.6 Å². The van der Waals surface area contributed by atoms with Gasteiger partial charge in [-0.3, -0.25) is 0 Å². The van der Waals surface area contributed by atoms with E-state index in [-0.39, 0.29) is 24.3 Å². The third-order valence-electron chi connectivity index (χ3n) is 3.06. The van der Waals surface area contributed by atoms with Crippen molar-refractivity contribution < 1.29 is 9.47 Å². The number of hydrogen-bond donors (Lipinski definition) is 0. The van der Waals surface area contributed by atoms with Gasteiger partial charge in [-0.1, -0.05) is 81.7 Å². The van der Waals surface area contributed by atoms with E-state index in [0.29, 0.717) is 17.9 Å². The predicted molar refractivity (Wildman–Crippen MR) is 94.0 cm³/mol. The zero-order chi connectivity index (χ0) is 17.5. The predicted octanol–water partition coefficient (Wildman–Crippen LogP) is 5.06. The van der Waals surface area contributed by atoms with E-state index in [1.807, 2.05) is 0 Å². The lowest BCUT2D eigenvalue weighted by atomic mass is 10.1. The van der Waals surface area contributed by atoms with Crippen molar-refractivity contribution in [1.82, 2.24) is 15.0 Å². The summed E-state index contributed by atoms with van der Waals surface area (Å²) in [5.74, 6) is 0.506. The van der Waals surface area contributed by atoms with Gasteiger partial charge in [-0.05, 0) is 6.07 Å². The van der Waals surface area contributed by atoms with E-state index >= 15 is 0 Å². The van der Waals surface area contributed by atoms with Crippen molar-refractivity contribution in [1.29, 1.82) is 0 Å². The van der Waals surface area contributed by atoms with Crippen LogP contribution in [0.3, 0.4) is 0 Å². The molecule has 0 amide bonds. The Morgan fingerprint density at radius 3 is 2.08 bits per heavy atom. The average molecular weight is 450 g/mol. The van der Waals surface area contributed by atoms with Crippen LogP contribution in [0.1, 0.15) is 17.2 Å². The molecule has 0 bridgehead atoms. The lowest BCUT2D eigenvalue weighted by molar-refractivity contribution is -0.0160. The summed E-state index contributed by atoms with van der Waals surface area (Å²) >= 11 is 35.3. The monoisotopic (exact) mass is 447 g/mol. The van der Waals surface area contributed by atoms with Gasteiger partial charge in [0.1, 0.15) is 5.75 Å². The fraction of sp³-hybridized carbons (Fsp3) is 0.308. The summed E-state index contributed by atoms with van der Waals surface area (Å²) in [6.45, 7) is 0.468. The topological polar surface area (TPSA) is 57.1 Å². The molecule has 0 N–H and O–H groups in total. The highest BCUT2D eigenvalue weighted by atomic mass is 35.6. The molecule has 0 fully saturated rings. The normalized spacial score (nSPS) is 14.9. The molecule has 128 valence electrons. The van der Waals surface area contributed by atoms with Gasteiger partial charge in [0.25, 0.3) is 0 Å². The number of hydrogen-bond acceptors (Lipinski definition) is 5. The third kappa shape index (κ3) is 3.93. The van der Waals surface area contributed by atoms with Crippen LogP contribution in [0.25, 0.3) is 11.4 Å². The summed E-state index contributed by atoms with van der Waals surface area (Å²) in [4.78, 5) is 12.3.